The number of nitrogens with zero attached hydrogens (tertiary/aromatic N) is 2. The Morgan fingerprint density at radius 2 is 1.97 bits per heavy atom. The van der Waals surface area contributed by atoms with Crippen LogP contribution in [0.15, 0.2) is 54.9 Å². The summed E-state index contributed by atoms with van der Waals surface area (Å²) in [6.45, 7) is 0.539. The van der Waals surface area contributed by atoms with E-state index in [0.717, 1.165) is 22.2 Å². The van der Waals surface area contributed by atoms with Crippen molar-refractivity contribution in [2.45, 2.75) is 25.4 Å². The van der Waals surface area contributed by atoms with Crippen LogP contribution in [-0.4, -0.2) is 45.3 Å². The van der Waals surface area contributed by atoms with E-state index in [1.807, 2.05) is 36.5 Å². The summed E-state index contributed by atoms with van der Waals surface area (Å²) >= 11 is 0. The van der Waals surface area contributed by atoms with Crippen molar-refractivity contribution in [1.82, 2.24) is 25.5 Å². The molecule has 4 amide bonds. The Hall–Kier alpha value is -3.68. The Labute approximate surface area is 167 Å². The summed E-state index contributed by atoms with van der Waals surface area (Å²) in [6.07, 6.45) is 3.99. The quantitative estimate of drug-likeness (QED) is 0.533. The number of pyridine rings is 1. The number of para-hydroxylation sites is 1. The van der Waals surface area contributed by atoms with Crippen molar-refractivity contribution >= 4 is 28.7 Å². The molecule has 1 aromatic carbocycles. The Morgan fingerprint density at radius 3 is 2.79 bits per heavy atom. The summed E-state index contributed by atoms with van der Waals surface area (Å²) < 4.78 is 0. The third-order valence-electron chi connectivity index (χ3n) is 4.97. The number of H-pyrrole nitrogens is 1. The van der Waals surface area contributed by atoms with Crippen LogP contribution in [0.3, 0.4) is 0 Å². The van der Waals surface area contributed by atoms with Crippen LogP contribution in [-0.2, 0) is 22.6 Å². The SMILES string of the molecule is O=C(CC1NC(=O)N(CCc2c[nH]c3ccccc23)C1=O)NCc1ccccn1. The first-order valence-electron chi connectivity index (χ1n) is 9.45. The Balaban J connectivity index is 1.31. The molecule has 1 aliphatic heterocycles. The fourth-order valence-corrected chi connectivity index (χ4v) is 3.45. The van der Waals surface area contributed by atoms with Crippen LogP contribution in [0.25, 0.3) is 10.9 Å². The molecule has 2 aromatic heterocycles. The second-order valence-electron chi connectivity index (χ2n) is 6.90. The molecule has 1 saturated heterocycles. The Kier molecular flexibility index (Phi) is 5.24. The minimum Gasteiger partial charge on any atom is -0.361 e. The highest BCUT2D eigenvalue weighted by Gasteiger charge is 2.38. The van der Waals surface area contributed by atoms with Gasteiger partial charge in [0.05, 0.1) is 18.7 Å². The molecular weight excluding hydrogens is 370 g/mol. The first-order chi connectivity index (χ1) is 14.1. The zero-order valence-electron chi connectivity index (χ0n) is 15.7. The van der Waals surface area contributed by atoms with Gasteiger partial charge in [-0.2, -0.15) is 0 Å². The van der Waals surface area contributed by atoms with Gasteiger partial charge in [0.1, 0.15) is 6.04 Å². The maximum Gasteiger partial charge on any atom is 0.324 e. The van der Waals surface area contributed by atoms with Crippen molar-refractivity contribution in [2.24, 2.45) is 0 Å². The van der Waals surface area contributed by atoms with E-state index < -0.39 is 12.1 Å². The number of aromatic nitrogens is 2. The summed E-state index contributed by atoms with van der Waals surface area (Å²) in [6, 6.07) is 12.0. The molecule has 1 unspecified atom stereocenters. The van der Waals surface area contributed by atoms with Gasteiger partial charge in [0.25, 0.3) is 5.91 Å². The molecule has 0 spiro atoms. The molecule has 1 fully saturated rings. The molecule has 3 N–H and O–H groups in total. The number of carbonyl (C=O) groups is 3. The van der Waals surface area contributed by atoms with E-state index in [-0.39, 0.29) is 31.3 Å². The van der Waals surface area contributed by atoms with Gasteiger partial charge < -0.3 is 15.6 Å². The number of fused-ring (bicyclic) bond motifs is 1. The van der Waals surface area contributed by atoms with Gasteiger partial charge in [0.15, 0.2) is 0 Å². The normalized spacial score (nSPS) is 16.3. The summed E-state index contributed by atoms with van der Waals surface area (Å²) in [5.74, 6) is -0.685. The summed E-state index contributed by atoms with van der Waals surface area (Å²) in [4.78, 5) is 45.5. The maximum atomic E-state index is 12.6. The standard InChI is InChI=1S/C21H21N5O3/c27-19(24-13-15-5-3-4-9-22-15)11-18-20(28)26(21(29)25-18)10-8-14-12-23-17-7-2-1-6-16(14)17/h1-7,9,12,18,23H,8,10-11,13H2,(H,24,27)(H,25,29). The van der Waals surface area contributed by atoms with Crippen molar-refractivity contribution in [2.75, 3.05) is 6.54 Å². The van der Waals surface area contributed by atoms with Crippen LogP contribution < -0.4 is 10.6 Å². The van der Waals surface area contributed by atoms with E-state index in [4.69, 9.17) is 0 Å². The van der Waals surface area contributed by atoms with Gasteiger partial charge in [0, 0.05) is 29.8 Å². The lowest BCUT2D eigenvalue weighted by molar-refractivity contribution is -0.130. The molecule has 0 bridgehead atoms. The number of urea groups is 1. The monoisotopic (exact) mass is 391 g/mol. The zero-order valence-corrected chi connectivity index (χ0v) is 15.7. The topological polar surface area (TPSA) is 107 Å². The highest BCUT2D eigenvalue weighted by molar-refractivity contribution is 6.05. The molecule has 29 heavy (non-hydrogen) atoms. The molecule has 4 rings (SSSR count). The average Bonchev–Trinajstić information content (AvgIpc) is 3.26. The van der Waals surface area contributed by atoms with Gasteiger partial charge in [0.2, 0.25) is 5.91 Å². The second kappa shape index (κ2) is 8.14. The summed E-state index contributed by atoms with van der Waals surface area (Å²) in [5, 5.41) is 6.40. The number of amides is 4. The Bertz CT molecular complexity index is 1050. The lowest BCUT2D eigenvalue weighted by atomic mass is 10.1. The highest BCUT2D eigenvalue weighted by Crippen LogP contribution is 2.19. The second-order valence-corrected chi connectivity index (χ2v) is 6.90. The van der Waals surface area contributed by atoms with E-state index in [9.17, 15) is 14.4 Å². The number of benzene rings is 1. The predicted molar refractivity (Wildman–Crippen MR) is 107 cm³/mol. The molecular formula is C21H21N5O3. The zero-order chi connectivity index (χ0) is 20.2. The largest absolute Gasteiger partial charge is 0.361 e. The van der Waals surface area contributed by atoms with E-state index in [1.54, 1.807) is 18.3 Å². The first-order valence-corrected chi connectivity index (χ1v) is 9.45. The number of hydrogen-bond donors (Lipinski definition) is 3. The van der Waals surface area contributed by atoms with Crippen molar-refractivity contribution in [3.05, 3.63) is 66.1 Å². The van der Waals surface area contributed by atoms with Gasteiger partial charge in [-0.25, -0.2) is 4.79 Å². The molecule has 1 aliphatic rings. The van der Waals surface area contributed by atoms with Crippen LogP contribution in [0.5, 0.6) is 0 Å². The van der Waals surface area contributed by atoms with Gasteiger partial charge in [-0.1, -0.05) is 24.3 Å². The number of carbonyl (C=O) groups excluding carboxylic acids is 3. The average molecular weight is 391 g/mol. The third kappa shape index (κ3) is 4.11. The highest BCUT2D eigenvalue weighted by atomic mass is 16.2. The summed E-state index contributed by atoms with van der Waals surface area (Å²) in [5.41, 5.74) is 2.78. The van der Waals surface area contributed by atoms with Crippen molar-refractivity contribution in [3.8, 4) is 0 Å². The van der Waals surface area contributed by atoms with Gasteiger partial charge in [-0.15, -0.1) is 0 Å². The molecule has 0 aliphatic carbocycles. The van der Waals surface area contributed by atoms with Crippen LogP contribution in [0.2, 0.25) is 0 Å². The van der Waals surface area contributed by atoms with Gasteiger partial charge >= 0.3 is 6.03 Å². The number of rotatable bonds is 7. The molecule has 148 valence electrons. The van der Waals surface area contributed by atoms with E-state index >= 15 is 0 Å². The molecule has 8 heteroatoms. The summed E-state index contributed by atoms with van der Waals surface area (Å²) in [7, 11) is 0. The lowest BCUT2D eigenvalue weighted by Gasteiger charge is -2.12. The van der Waals surface area contributed by atoms with E-state index in [2.05, 4.69) is 20.6 Å². The van der Waals surface area contributed by atoms with Crippen molar-refractivity contribution < 1.29 is 14.4 Å². The number of imide groups is 1. The molecule has 3 heterocycles. The minimum absolute atomic E-state index is 0.0962. The van der Waals surface area contributed by atoms with Gasteiger partial charge in [-0.05, 0) is 30.2 Å². The third-order valence-corrected chi connectivity index (χ3v) is 4.97. The fourth-order valence-electron chi connectivity index (χ4n) is 3.45. The number of hydrogen-bond acceptors (Lipinski definition) is 4. The smallest absolute Gasteiger partial charge is 0.324 e. The molecule has 0 radical (unpaired) electrons. The lowest BCUT2D eigenvalue weighted by Crippen LogP contribution is -2.36. The van der Waals surface area contributed by atoms with E-state index in [0.29, 0.717) is 6.42 Å². The van der Waals surface area contributed by atoms with Crippen molar-refractivity contribution in [1.29, 1.82) is 0 Å². The first kappa shape index (κ1) is 18.7. The van der Waals surface area contributed by atoms with E-state index in [1.165, 1.54) is 4.90 Å². The fraction of sp³-hybridized carbons (Fsp3) is 0.238. The van der Waals surface area contributed by atoms with Crippen LogP contribution >= 0.6 is 0 Å². The maximum absolute atomic E-state index is 12.6. The molecule has 1 atom stereocenters. The Morgan fingerprint density at radius 1 is 1.14 bits per heavy atom. The van der Waals surface area contributed by atoms with Crippen LogP contribution in [0.4, 0.5) is 4.79 Å². The minimum atomic E-state index is -0.839. The molecule has 0 saturated carbocycles. The van der Waals surface area contributed by atoms with Crippen LogP contribution in [0, 0.1) is 0 Å². The van der Waals surface area contributed by atoms with Crippen LogP contribution in [0.1, 0.15) is 17.7 Å². The van der Waals surface area contributed by atoms with Gasteiger partial charge in [-0.3, -0.25) is 19.5 Å². The predicted octanol–water partition coefficient (Wildman–Crippen LogP) is 1.73. The molecule has 8 nitrogen and oxygen atoms in total. The molecule has 3 aromatic rings. The van der Waals surface area contributed by atoms with Crippen molar-refractivity contribution in [3.63, 3.8) is 0 Å². The number of aromatic amines is 1. The number of nitrogens with one attached hydrogen (secondary N) is 3.